The van der Waals surface area contributed by atoms with Crippen molar-refractivity contribution in [3.05, 3.63) is 29.8 Å². The highest BCUT2D eigenvalue weighted by Crippen LogP contribution is 2.16. The molecule has 0 saturated carbocycles. The molecule has 7 heteroatoms. The third-order valence-electron chi connectivity index (χ3n) is 2.78. The minimum atomic E-state index is -2.91. The molecule has 0 spiro atoms. The summed E-state index contributed by atoms with van der Waals surface area (Å²) in [5.74, 6) is -0.611. The summed E-state index contributed by atoms with van der Waals surface area (Å²) in [6, 6.07) is 5.36. The van der Waals surface area contributed by atoms with Crippen LogP contribution in [0.4, 0.5) is 8.78 Å². The van der Waals surface area contributed by atoms with Crippen LogP contribution in [0.2, 0.25) is 0 Å². The zero-order valence-electron chi connectivity index (χ0n) is 12.8. The van der Waals surface area contributed by atoms with Crippen LogP contribution in [0, 0.1) is 0 Å². The van der Waals surface area contributed by atoms with E-state index in [1.807, 2.05) is 13.8 Å². The molecule has 0 aromatic heterocycles. The van der Waals surface area contributed by atoms with Crippen LogP contribution in [0.3, 0.4) is 0 Å². The molecule has 22 heavy (non-hydrogen) atoms. The smallest absolute Gasteiger partial charge is 0.387 e. The minimum Gasteiger partial charge on any atom is -0.435 e. The molecule has 0 saturated heterocycles. The maximum Gasteiger partial charge on any atom is 0.387 e. The van der Waals surface area contributed by atoms with E-state index in [4.69, 9.17) is 0 Å². The number of nitrogens with one attached hydrogen (secondary N) is 1. The van der Waals surface area contributed by atoms with Crippen LogP contribution in [0.15, 0.2) is 24.3 Å². The highest BCUT2D eigenvalue weighted by atomic mass is 19.3. The second-order valence-electron chi connectivity index (χ2n) is 4.94. The number of hydrogen-bond acceptors (Lipinski definition) is 3. The van der Waals surface area contributed by atoms with E-state index in [1.165, 1.54) is 29.2 Å². The molecule has 0 unspecified atom stereocenters. The summed E-state index contributed by atoms with van der Waals surface area (Å²) in [4.78, 5) is 25.4. The van der Waals surface area contributed by atoms with Crippen molar-refractivity contribution in [1.29, 1.82) is 0 Å². The van der Waals surface area contributed by atoms with Gasteiger partial charge in [0.25, 0.3) is 5.91 Å². The van der Waals surface area contributed by atoms with Gasteiger partial charge in [-0.2, -0.15) is 8.78 Å². The van der Waals surface area contributed by atoms with Crippen molar-refractivity contribution in [2.24, 2.45) is 0 Å². The molecule has 1 N–H and O–H groups in total. The van der Waals surface area contributed by atoms with Crippen LogP contribution in [0.25, 0.3) is 0 Å². The molecule has 2 amide bonds. The highest BCUT2D eigenvalue weighted by Gasteiger charge is 2.18. The summed E-state index contributed by atoms with van der Waals surface area (Å²) in [5.41, 5.74) is 0.306. The zero-order chi connectivity index (χ0) is 16.7. The SMILES string of the molecule is CCN(CC(=O)NC(C)C)C(=O)c1ccc(OC(F)F)cc1. The number of halogens is 2. The van der Waals surface area contributed by atoms with Crippen LogP contribution in [0.5, 0.6) is 5.75 Å². The van der Waals surface area contributed by atoms with Gasteiger partial charge >= 0.3 is 6.61 Å². The first kappa shape index (κ1) is 17.9. The van der Waals surface area contributed by atoms with Gasteiger partial charge in [0.05, 0.1) is 6.54 Å². The van der Waals surface area contributed by atoms with Crippen molar-refractivity contribution in [3.63, 3.8) is 0 Å². The van der Waals surface area contributed by atoms with Crippen molar-refractivity contribution in [1.82, 2.24) is 10.2 Å². The van der Waals surface area contributed by atoms with E-state index in [-0.39, 0.29) is 30.2 Å². The third kappa shape index (κ3) is 5.67. The number of nitrogens with zero attached hydrogens (tertiary/aromatic N) is 1. The van der Waals surface area contributed by atoms with E-state index in [0.717, 1.165) is 0 Å². The van der Waals surface area contributed by atoms with Crippen molar-refractivity contribution in [2.75, 3.05) is 13.1 Å². The van der Waals surface area contributed by atoms with E-state index in [2.05, 4.69) is 10.1 Å². The molecule has 1 aromatic rings. The van der Waals surface area contributed by atoms with Gasteiger partial charge < -0.3 is 15.0 Å². The summed E-state index contributed by atoms with van der Waals surface area (Å²) >= 11 is 0. The maximum atomic E-state index is 12.3. The number of amides is 2. The Balaban J connectivity index is 2.72. The lowest BCUT2D eigenvalue weighted by Gasteiger charge is -2.21. The predicted octanol–water partition coefficient (Wildman–Crippen LogP) is 2.27. The Kier molecular flexibility index (Phi) is 6.75. The van der Waals surface area contributed by atoms with E-state index < -0.39 is 6.61 Å². The van der Waals surface area contributed by atoms with Crippen LogP contribution >= 0.6 is 0 Å². The molecule has 0 fully saturated rings. The number of carbonyl (C=O) groups is 2. The molecule has 0 aliphatic rings. The zero-order valence-corrected chi connectivity index (χ0v) is 12.8. The average molecular weight is 314 g/mol. The molecular weight excluding hydrogens is 294 g/mol. The van der Waals surface area contributed by atoms with E-state index in [9.17, 15) is 18.4 Å². The lowest BCUT2D eigenvalue weighted by Crippen LogP contribution is -2.42. The monoisotopic (exact) mass is 314 g/mol. The molecule has 0 aliphatic carbocycles. The van der Waals surface area contributed by atoms with Gasteiger partial charge in [-0.15, -0.1) is 0 Å². The fourth-order valence-electron chi connectivity index (χ4n) is 1.83. The summed E-state index contributed by atoms with van der Waals surface area (Å²) in [5, 5.41) is 2.71. The first-order chi connectivity index (χ1) is 10.3. The number of carbonyl (C=O) groups excluding carboxylic acids is 2. The lowest BCUT2D eigenvalue weighted by atomic mass is 10.2. The number of benzene rings is 1. The van der Waals surface area contributed by atoms with E-state index in [1.54, 1.807) is 6.92 Å². The number of likely N-dealkylation sites (N-methyl/N-ethyl adjacent to an activating group) is 1. The van der Waals surface area contributed by atoms with Crippen molar-refractivity contribution in [3.8, 4) is 5.75 Å². The van der Waals surface area contributed by atoms with Crippen molar-refractivity contribution in [2.45, 2.75) is 33.4 Å². The van der Waals surface area contributed by atoms with Gasteiger partial charge in [-0.05, 0) is 45.0 Å². The quantitative estimate of drug-likeness (QED) is 0.840. The number of rotatable bonds is 7. The van der Waals surface area contributed by atoms with Crippen LogP contribution < -0.4 is 10.1 Å². The van der Waals surface area contributed by atoms with E-state index >= 15 is 0 Å². The highest BCUT2D eigenvalue weighted by molar-refractivity contribution is 5.96. The fraction of sp³-hybridized carbons (Fsp3) is 0.467. The summed E-state index contributed by atoms with van der Waals surface area (Å²) in [6.45, 7) is 2.82. The molecule has 0 atom stereocenters. The molecule has 0 aliphatic heterocycles. The topological polar surface area (TPSA) is 58.6 Å². The first-order valence-electron chi connectivity index (χ1n) is 6.97. The first-order valence-corrected chi connectivity index (χ1v) is 6.97. The maximum absolute atomic E-state index is 12.3. The Morgan fingerprint density at radius 3 is 2.27 bits per heavy atom. The predicted molar refractivity (Wildman–Crippen MR) is 77.9 cm³/mol. The van der Waals surface area contributed by atoms with Crippen LogP contribution in [-0.2, 0) is 4.79 Å². The third-order valence-corrected chi connectivity index (χ3v) is 2.78. The normalized spacial score (nSPS) is 10.7. The average Bonchev–Trinajstić information content (AvgIpc) is 2.43. The van der Waals surface area contributed by atoms with Gasteiger partial charge in [0.15, 0.2) is 0 Å². The molecular formula is C15H20F2N2O3. The Morgan fingerprint density at radius 1 is 1.23 bits per heavy atom. The molecule has 1 rings (SSSR count). The second kappa shape index (κ2) is 8.31. The standard InChI is InChI=1S/C15H20F2N2O3/c1-4-19(9-13(20)18-10(2)3)14(21)11-5-7-12(8-6-11)22-15(16)17/h5-8,10,15H,4,9H2,1-3H3,(H,18,20). The molecule has 1 aromatic carbocycles. The van der Waals surface area contributed by atoms with Crippen LogP contribution in [0.1, 0.15) is 31.1 Å². The van der Waals surface area contributed by atoms with Gasteiger partial charge in [0, 0.05) is 18.2 Å². The second-order valence-corrected chi connectivity index (χ2v) is 4.94. The van der Waals surface area contributed by atoms with Gasteiger partial charge in [0.1, 0.15) is 5.75 Å². The van der Waals surface area contributed by atoms with Crippen LogP contribution in [-0.4, -0.2) is 42.5 Å². The Hall–Kier alpha value is -2.18. The minimum absolute atomic E-state index is 0.00733. The summed E-state index contributed by atoms with van der Waals surface area (Å²) in [6.07, 6.45) is 0. The Labute approximate surface area is 128 Å². The largest absolute Gasteiger partial charge is 0.435 e. The summed E-state index contributed by atoms with van der Waals surface area (Å²) < 4.78 is 28.4. The van der Waals surface area contributed by atoms with Gasteiger partial charge in [-0.1, -0.05) is 0 Å². The van der Waals surface area contributed by atoms with Gasteiger partial charge in [0.2, 0.25) is 5.91 Å². The summed E-state index contributed by atoms with van der Waals surface area (Å²) in [7, 11) is 0. The Bertz CT molecular complexity index is 504. The number of hydrogen-bond donors (Lipinski definition) is 1. The van der Waals surface area contributed by atoms with E-state index in [0.29, 0.717) is 12.1 Å². The van der Waals surface area contributed by atoms with Crippen molar-refractivity contribution < 1.29 is 23.1 Å². The van der Waals surface area contributed by atoms with Crippen molar-refractivity contribution >= 4 is 11.8 Å². The molecule has 0 bridgehead atoms. The van der Waals surface area contributed by atoms with Gasteiger partial charge in [-0.25, -0.2) is 0 Å². The molecule has 5 nitrogen and oxygen atoms in total. The molecule has 122 valence electrons. The number of ether oxygens (including phenoxy) is 1. The molecule has 0 heterocycles. The number of alkyl halides is 2. The Morgan fingerprint density at radius 2 is 1.82 bits per heavy atom. The fourth-order valence-corrected chi connectivity index (χ4v) is 1.83. The lowest BCUT2D eigenvalue weighted by molar-refractivity contribution is -0.122. The molecule has 0 radical (unpaired) electrons. The van der Waals surface area contributed by atoms with Gasteiger partial charge in [-0.3, -0.25) is 9.59 Å².